The van der Waals surface area contributed by atoms with Crippen molar-refractivity contribution in [1.82, 2.24) is 20.0 Å². The molecule has 9 heteroatoms. The van der Waals surface area contributed by atoms with Crippen molar-refractivity contribution in [1.29, 1.82) is 0 Å². The number of morpholine rings is 1. The second kappa shape index (κ2) is 11.7. The summed E-state index contributed by atoms with van der Waals surface area (Å²) >= 11 is 0. The van der Waals surface area contributed by atoms with Gasteiger partial charge in [0.25, 0.3) is 0 Å². The lowest BCUT2D eigenvalue weighted by atomic mass is 10.1. The Bertz CT molecular complexity index is 893. The number of terminal acetylenes is 1. The molecule has 1 unspecified atom stereocenters. The highest BCUT2D eigenvalue weighted by Crippen LogP contribution is 2.28. The Balaban J connectivity index is 0.00000320. The van der Waals surface area contributed by atoms with E-state index in [4.69, 9.17) is 20.6 Å². The number of nitrogens with one attached hydrogen (secondary N) is 1. The number of nitrogens with zero attached hydrogens (tertiary/aromatic N) is 4. The first-order valence-electron chi connectivity index (χ1n) is 9.43. The molecule has 0 amide bonds. The van der Waals surface area contributed by atoms with Crippen LogP contribution in [0.3, 0.4) is 0 Å². The minimum Gasteiger partial charge on any atom is -0.493 e. The van der Waals surface area contributed by atoms with Crippen LogP contribution in [0.5, 0.6) is 11.5 Å². The summed E-state index contributed by atoms with van der Waals surface area (Å²) in [7, 11) is 5.29. The molecule has 1 fully saturated rings. The van der Waals surface area contributed by atoms with Gasteiger partial charge in [-0.3, -0.25) is 9.67 Å². The number of hydrogen-bond acceptors (Lipinski definition) is 5. The van der Waals surface area contributed by atoms with E-state index in [9.17, 15) is 0 Å². The molecule has 3 rings (SSSR count). The monoisotopic (exact) mass is 525 g/mol. The molecule has 8 nitrogen and oxygen atoms in total. The molecule has 1 N–H and O–H groups in total. The van der Waals surface area contributed by atoms with Crippen molar-refractivity contribution in [3.8, 4) is 23.8 Å². The van der Waals surface area contributed by atoms with Crippen molar-refractivity contribution in [3.05, 3.63) is 41.7 Å². The van der Waals surface area contributed by atoms with Crippen LogP contribution in [-0.4, -0.2) is 61.1 Å². The minimum absolute atomic E-state index is 0. The molecule has 1 aromatic carbocycles. The van der Waals surface area contributed by atoms with Crippen LogP contribution in [0, 0.1) is 12.3 Å². The van der Waals surface area contributed by atoms with E-state index >= 15 is 0 Å². The van der Waals surface area contributed by atoms with Crippen molar-refractivity contribution < 1.29 is 14.2 Å². The summed E-state index contributed by atoms with van der Waals surface area (Å²) in [4.78, 5) is 6.63. The Morgan fingerprint density at radius 3 is 2.93 bits per heavy atom. The largest absolute Gasteiger partial charge is 0.493 e. The van der Waals surface area contributed by atoms with Crippen molar-refractivity contribution >= 4 is 29.9 Å². The van der Waals surface area contributed by atoms with E-state index in [2.05, 4.69) is 26.2 Å². The van der Waals surface area contributed by atoms with E-state index in [0.717, 1.165) is 23.6 Å². The number of aliphatic imine (C=N–C) groups is 1. The number of ether oxygens (including phenoxy) is 3. The minimum atomic E-state index is -0.0271. The lowest BCUT2D eigenvalue weighted by Crippen LogP contribution is -2.47. The van der Waals surface area contributed by atoms with Gasteiger partial charge in [0.15, 0.2) is 17.5 Å². The van der Waals surface area contributed by atoms with Gasteiger partial charge in [0.1, 0.15) is 12.7 Å². The molecule has 162 valence electrons. The standard InChI is InChI=1S/C21H27N5O3.HI/c1-5-9-28-19-11-16(6-7-18(19)27-4)12-23-21(22-2)26-8-10-29-20(15-26)17-13-24-25(3)14-17;/h1,6-7,11,13-14,20H,8-10,12,15H2,2-4H3,(H,22,23);1H. The number of aromatic nitrogens is 2. The predicted octanol–water partition coefficient (Wildman–Crippen LogP) is 2.21. The number of guanidine groups is 1. The zero-order chi connectivity index (χ0) is 20.6. The predicted molar refractivity (Wildman–Crippen MR) is 126 cm³/mol. The Hall–Kier alpha value is -2.45. The van der Waals surface area contributed by atoms with E-state index in [-0.39, 0.29) is 36.7 Å². The smallest absolute Gasteiger partial charge is 0.194 e. The molecule has 0 spiro atoms. The van der Waals surface area contributed by atoms with Gasteiger partial charge < -0.3 is 24.4 Å². The number of benzene rings is 1. The summed E-state index contributed by atoms with van der Waals surface area (Å²) in [6.45, 7) is 2.91. The molecule has 0 saturated carbocycles. The zero-order valence-electron chi connectivity index (χ0n) is 17.5. The van der Waals surface area contributed by atoms with Crippen molar-refractivity contribution in [2.45, 2.75) is 12.6 Å². The average molecular weight is 525 g/mol. The third-order valence-corrected chi connectivity index (χ3v) is 4.66. The van der Waals surface area contributed by atoms with Crippen LogP contribution in [0.4, 0.5) is 0 Å². The molecule has 1 aliphatic heterocycles. The molecule has 1 aliphatic rings. The first-order chi connectivity index (χ1) is 14.1. The molecule has 1 saturated heterocycles. The second-order valence-electron chi connectivity index (χ2n) is 6.63. The van der Waals surface area contributed by atoms with E-state index in [1.165, 1.54) is 0 Å². The Labute approximate surface area is 194 Å². The van der Waals surface area contributed by atoms with Crippen molar-refractivity contribution in [2.24, 2.45) is 12.0 Å². The van der Waals surface area contributed by atoms with E-state index in [1.54, 1.807) is 18.8 Å². The summed E-state index contributed by atoms with van der Waals surface area (Å²) in [6, 6.07) is 5.78. The maximum Gasteiger partial charge on any atom is 0.194 e. The zero-order valence-corrected chi connectivity index (χ0v) is 19.8. The molecule has 1 aromatic heterocycles. The van der Waals surface area contributed by atoms with Crippen LogP contribution in [0.25, 0.3) is 0 Å². The van der Waals surface area contributed by atoms with Crippen LogP contribution >= 0.6 is 24.0 Å². The van der Waals surface area contributed by atoms with Gasteiger partial charge in [0.2, 0.25) is 0 Å². The van der Waals surface area contributed by atoms with E-state index < -0.39 is 0 Å². The fourth-order valence-electron chi connectivity index (χ4n) is 3.23. The molecule has 0 radical (unpaired) electrons. The van der Waals surface area contributed by atoms with Crippen molar-refractivity contribution in [2.75, 3.05) is 40.5 Å². The van der Waals surface area contributed by atoms with E-state index in [1.807, 2.05) is 37.6 Å². The van der Waals surface area contributed by atoms with Gasteiger partial charge in [-0.1, -0.05) is 12.0 Å². The third-order valence-electron chi connectivity index (χ3n) is 4.66. The van der Waals surface area contributed by atoms with Gasteiger partial charge >= 0.3 is 0 Å². The van der Waals surface area contributed by atoms with Crippen molar-refractivity contribution in [3.63, 3.8) is 0 Å². The van der Waals surface area contributed by atoms with Crippen LogP contribution < -0.4 is 14.8 Å². The molecule has 2 heterocycles. The van der Waals surface area contributed by atoms with Gasteiger partial charge in [0, 0.05) is 38.9 Å². The van der Waals surface area contributed by atoms with Gasteiger partial charge in [-0.2, -0.15) is 5.10 Å². The first kappa shape index (κ1) is 23.8. The molecule has 2 aromatic rings. The van der Waals surface area contributed by atoms with Gasteiger partial charge in [-0.25, -0.2) is 0 Å². The normalized spacial score (nSPS) is 16.4. The second-order valence-corrected chi connectivity index (χ2v) is 6.63. The lowest BCUT2D eigenvalue weighted by Gasteiger charge is -2.34. The lowest BCUT2D eigenvalue weighted by molar-refractivity contribution is -0.00805. The number of halogens is 1. The number of hydrogen-bond donors (Lipinski definition) is 1. The Kier molecular flexibility index (Phi) is 9.26. The summed E-state index contributed by atoms with van der Waals surface area (Å²) in [6.07, 6.45) is 9.10. The Morgan fingerprint density at radius 1 is 1.43 bits per heavy atom. The molecular weight excluding hydrogens is 497 g/mol. The first-order valence-corrected chi connectivity index (χ1v) is 9.43. The third kappa shape index (κ3) is 6.03. The quantitative estimate of drug-likeness (QED) is 0.270. The number of methoxy groups -OCH3 is 1. The van der Waals surface area contributed by atoms with Crippen LogP contribution in [-0.2, 0) is 18.3 Å². The van der Waals surface area contributed by atoms with Gasteiger partial charge in [-0.15, -0.1) is 30.4 Å². The number of aryl methyl sites for hydroxylation is 1. The summed E-state index contributed by atoms with van der Waals surface area (Å²) in [5.74, 6) is 4.58. The highest BCUT2D eigenvalue weighted by molar-refractivity contribution is 14.0. The highest BCUT2D eigenvalue weighted by atomic mass is 127. The molecule has 0 aliphatic carbocycles. The van der Waals surface area contributed by atoms with Gasteiger partial charge in [-0.05, 0) is 17.7 Å². The highest BCUT2D eigenvalue weighted by Gasteiger charge is 2.25. The molecule has 30 heavy (non-hydrogen) atoms. The van der Waals surface area contributed by atoms with Gasteiger partial charge in [0.05, 0.1) is 26.5 Å². The van der Waals surface area contributed by atoms with Crippen LogP contribution in [0.2, 0.25) is 0 Å². The summed E-state index contributed by atoms with van der Waals surface area (Å²) in [5.41, 5.74) is 2.11. The summed E-state index contributed by atoms with van der Waals surface area (Å²) in [5, 5.41) is 7.66. The number of rotatable bonds is 6. The SMILES string of the molecule is C#CCOc1cc(CNC(=NC)N2CCOC(c3cnn(C)c3)C2)ccc1OC.I. The van der Waals surface area contributed by atoms with Crippen LogP contribution in [0.15, 0.2) is 35.6 Å². The maximum atomic E-state index is 5.92. The average Bonchev–Trinajstić information content (AvgIpc) is 3.19. The van der Waals surface area contributed by atoms with E-state index in [0.29, 0.717) is 31.2 Å². The van der Waals surface area contributed by atoms with Crippen LogP contribution in [0.1, 0.15) is 17.2 Å². The molecular formula is C21H28IN5O3. The topological polar surface area (TPSA) is 73.1 Å². The summed E-state index contributed by atoms with van der Waals surface area (Å²) < 4.78 is 18.6. The molecule has 1 atom stereocenters. The fourth-order valence-corrected chi connectivity index (χ4v) is 3.23. The Morgan fingerprint density at radius 2 is 2.27 bits per heavy atom. The molecule has 0 bridgehead atoms. The maximum absolute atomic E-state index is 5.92. The fraction of sp³-hybridized carbons (Fsp3) is 0.429.